The number of nitrogens with zero attached hydrogens (tertiary/aromatic N) is 1. The standard InChI is InChI=1S/C22H28N2O2S/c25-21(20-12-6-14-24-22(20)27-19-10-4-5-11-19)23-15-7-16-26-17-13-18-8-2-1-3-9-18/h1-3,6,8-9,12,14,19H,4-5,7,10-11,13,15-17H2,(H,23,25). The summed E-state index contributed by atoms with van der Waals surface area (Å²) in [6.07, 6.45) is 8.53. The number of carbonyl (C=O) groups is 1. The van der Waals surface area contributed by atoms with Gasteiger partial charge >= 0.3 is 0 Å². The van der Waals surface area contributed by atoms with Crippen LogP contribution in [-0.4, -0.2) is 35.9 Å². The molecule has 0 atom stereocenters. The summed E-state index contributed by atoms with van der Waals surface area (Å²) < 4.78 is 5.67. The molecule has 1 saturated carbocycles. The molecular formula is C22H28N2O2S. The van der Waals surface area contributed by atoms with Crippen molar-refractivity contribution in [2.24, 2.45) is 0 Å². The van der Waals surface area contributed by atoms with Crippen molar-refractivity contribution in [3.05, 3.63) is 59.8 Å². The molecule has 3 rings (SSSR count). The van der Waals surface area contributed by atoms with Crippen LogP contribution in [0.1, 0.15) is 48.0 Å². The van der Waals surface area contributed by atoms with Gasteiger partial charge < -0.3 is 10.1 Å². The number of hydrogen-bond donors (Lipinski definition) is 1. The van der Waals surface area contributed by atoms with E-state index >= 15 is 0 Å². The van der Waals surface area contributed by atoms with Crippen molar-refractivity contribution in [2.45, 2.75) is 48.8 Å². The molecule has 0 unspecified atom stereocenters. The van der Waals surface area contributed by atoms with Crippen LogP contribution in [0, 0.1) is 0 Å². The van der Waals surface area contributed by atoms with Crippen LogP contribution in [0.3, 0.4) is 0 Å². The molecule has 1 aromatic carbocycles. The first-order valence-corrected chi connectivity index (χ1v) is 10.7. The van der Waals surface area contributed by atoms with Gasteiger partial charge in [0, 0.05) is 24.6 Å². The van der Waals surface area contributed by atoms with Crippen molar-refractivity contribution < 1.29 is 9.53 Å². The number of thioether (sulfide) groups is 1. The first kappa shape index (κ1) is 19.9. The Hall–Kier alpha value is -1.85. The third-order valence-electron chi connectivity index (χ3n) is 4.73. The fourth-order valence-corrected chi connectivity index (χ4v) is 4.52. The zero-order chi connectivity index (χ0) is 18.7. The fraction of sp³-hybridized carbons (Fsp3) is 0.455. The number of amides is 1. The highest BCUT2D eigenvalue weighted by Gasteiger charge is 2.20. The lowest BCUT2D eigenvalue weighted by Crippen LogP contribution is -2.26. The number of rotatable bonds is 10. The lowest BCUT2D eigenvalue weighted by molar-refractivity contribution is 0.0938. The summed E-state index contributed by atoms with van der Waals surface area (Å²) in [4.78, 5) is 16.9. The Morgan fingerprint density at radius 1 is 1.11 bits per heavy atom. The minimum Gasteiger partial charge on any atom is -0.381 e. The van der Waals surface area contributed by atoms with Crippen LogP contribution in [0.2, 0.25) is 0 Å². The Morgan fingerprint density at radius 3 is 2.74 bits per heavy atom. The molecule has 1 N–H and O–H groups in total. The van der Waals surface area contributed by atoms with Crippen LogP contribution in [0.4, 0.5) is 0 Å². The van der Waals surface area contributed by atoms with Crippen molar-refractivity contribution >= 4 is 17.7 Å². The first-order chi connectivity index (χ1) is 13.3. The molecular weight excluding hydrogens is 356 g/mol. The van der Waals surface area contributed by atoms with Gasteiger partial charge in [-0.2, -0.15) is 0 Å². The molecule has 1 heterocycles. The maximum atomic E-state index is 12.5. The van der Waals surface area contributed by atoms with E-state index in [1.807, 2.05) is 30.3 Å². The van der Waals surface area contributed by atoms with E-state index in [1.165, 1.54) is 31.2 Å². The van der Waals surface area contributed by atoms with Gasteiger partial charge in [0.1, 0.15) is 5.03 Å². The third kappa shape index (κ3) is 6.67. The van der Waals surface area contributed by atoms with Gasteiger partial charge in [-0.05, 0) is 43.4 Å². The van der Waals surface area contributed by atoms with Crippen molar-refractivity contribution in [2.75, 3.05) is 19.8 Å². The maximum absolute atomic E-state index is 12.5. The molecule has 0 spiro atoms. The van der Waals surface area contributed by atoms with Gasteiger partial charge in [0.05, 0.1) is 12.2 Å². The summed E-state index contributed by atoms with van der Waals surface area (Å²) in [6, 6.07) is 14.0. The lowest BCUT2D eigenvalue weighted by Gasteiger charge is -2.12. The highest BCUT2D eigenvalue weighted by Crippen LogP contribution is 2.35. The second-order valence-electron chi connectivity index (χ2n) is 6.84. The van der Waals surface area contributed by atoms with Gasteiger partial charge in [0.2, 0.25) is 0 Å². The van der Waals surface area contributed by atoms with Crippen LogP contribution in [-0.2, 0) is 11.2 Å². The highest BCUT2D eigenvalue weighted by molar-refractivity contribution is 7.99. The van der Waals surface area contributed by atoms with E-state index in [0.717, 1.165) is 17.9 Å². The Kier molecular flexibility index (Phi) is 8.18. The van der Waals surface area contributed by atoms with Gasteiger partial charge in [-0.1, -0.05) is 43.2 Å². The van der Waals surface area contributed by atoms with E-state index in [0.29, 0.717) is 30.6 Å². The molecule has 5 heteroatoms. The van der Waals surface area contributed by atoms with E-state index in [2.05, 4.69) is 22.4 Å². The predicted octanol–water partition coefficient (Wildman–Crippen LogP) is 4.50. The number of aromatic nitrogens is 1. The van der Waals surface area contributed by atoms with Crippen LogP contribution >= 0.6 is 11.8 Å². The summed E-state index contributed by atoms with van der Waals surface area (Å²) in [7, 11) is 0. The Morgan fingerprint density at radius 2 is 1.93 bits per heavy atom. The number of ether oxygens (including phenoxy) is 1. The quantitative estimate of drug-likeness (QED) is 0.613. The van der Waals surface area contributed by atoms with Gasteiger partial charge in [-0.25, -0.2) is 4.98 Å². The molecule has 27 heavy (non-hydrogen) atoms. The SMILES string of the molecule is O=C(NCCCOCCc1ccccc1)c1cccnc1SC1CCCC1. The van der Waals surface area contributed by atoms with Crippen molar-refractivity contribution in [3.8, 4) is 0 Å². The molecule has 1 aliphatic carbocycles. The van der Waals surface area contributed by atoms with Crippen molar-refractivity contribution in [1.29, 1.82) is 0 Å². The monoisotopic (exact) mass is 384 g/mol. The average molecular weight is 385 g/mol. The average Bonchev–Trinajstić information content (AvgIpc) is 3.21. The fourth-order valence-electron chi connectivity index (χ4n) is 3.23. The van der Waals surface area contributed by atoms with E-state index in [9.17, 15) is 4.79 Å². The molecule has 0 bridgehead atoms. The zero-order valence-electron chi connectivity index (χ0n) is 15.7. The summed E-state index contributed by atoms with van der Waals surface area (Å²) in [6.45, 7) is 1.99. The van der Waals surface area contributed by atoms with E-state index < -0.39 is 0 Å². The molecule has 1 aromatic heterocycles. The van der Waals surface area contributed by atoms with Crippen LogP contribution < -0.4 is 5.32 Å². The molecule has 1 amide bonds. The van der Waals surface area contributed by atoms with Crippen LogP contribution in [0.25, 0.3) is 0 Å². The summed E-state index contributed by atoms with van der Waals surface area (Å²) in [5, 5.41) is 4.46. The molecule has 0 radical (unpaired) electrons. The number of benzene rings is 1. The van der Waals surface area contributed by atoms with Gasteiger partial charge in [-0.3, -0.25) is 4.79 Å². The minimum atomic E-state index is -0.0344. The van der Waals surface area contributed by atoms with Crippen LogP contribution in [0.15, 0.2) is 53.7 Å². The molecule has 0 saturated heterocycles. The second kappa shape index (κ2) is 11.1. The van der Waals surface area contributed by atoms with Gasteiger partial charge in [0.15, 0.2) is 0 Å². The summed E-state index contributed by atoms with van der Waals surface area (Å²) >= 11 is 1.76. The van der Waals surface area contributed by atoms with E-state index in [1.54, 1.807) is 18.0 Å². The molecule has 0 aliphatic heterocycles. The van der Waals surface area contributed by atoms with Crippen LogP contribution in [0.5, 0.6) is 0 Å². The minimum absolute atomic E-state index is 0.0344. The normalized spacial score (nSPS) is 14.4. The summed E-state index contributed by atoms with van der Waals surface area (Å²) in [5.41, 5.74) is 1.98. The Labute approximate surface area is 166 Å². The smallest absolute Gasteiger partial charge is 0.254 e. The van der Waals surface area contributed by atoms with E-state index in [-0.39, 0.29) is 5.91 Å². The second-order valence-corrected chi connectivity index (χ2v) is 8.13. The first-order valence-electron chi connectivity index (χ1n) is 9.84. The maximum Gasteiger partial charge on any atom is 0.254 e. The highest BCUT2D eigenvalue weighted by atomic mass is 32.2. The largest absolute Gasteiger partial charge is 0.381 e. The number of hydrogen-bond acceptors (Lipinski definition) is 4. The molecule has 1 aliphatic rings. The van der Waals surface area contributed by atoms with Gasteiger partial charge in [-0.15, -0.1) is 11.8 Å². The molecule has 144 valence electrons. The Bertz CT molecular complexity index is 702. The number of pyridine rings is 1. The van der Waals surface area contributed by atoms with Crippen molar-refractivity contribution in [3.63, 3.8) is 0 Å². The number of carbonyl (C=O) groups excluding carboxylic acids is 1. The summed E-state index contributed by atoms with van der Waals surface area (Å²) in [5.74, 6) is -0.0344. The molecule has 2 aromatic rings. The zero-order valence-corrected chi connectivity index (χ0v) is 16.5. The lowest BCUT2D eigenvalue weighted by atomic mass is 10.2. The Balaban J connectivity index is 1.34. The number of nitrogens with one attached hydrogen (secondary N) is 1. The predicted molar refractivity (Wildman–Crippen MR) is 110 cm³/mol. The third-order valence-corrected chi connectivity index (χ3v) is 6.08. The topological polar surface area (TPSA) is 51.2 Å². The molecule has 1 fully saturated rings. The van der Waals surface area contributed by atoms with Crippen molar-refractivity contribution in [1.82, 2.24) is 10.3 Å². The molecule has 4 nitrogen and oxygen atoms in total. The van der Waals surface area contributed by atoms with Gasteiger partial charge in [0.25, 0.3) is 5.91 Å². The van der Waals surface area contributed by atoms with E-state index in [4.69, 9.17) is 4.74 Å².